The quantitative estimate of drug-likeness (QED) is 0.342. The molecule has 0 radical (unpaired) electrons. The van der Waals surface area contributed by atoms with Crippen molar-refractivity contribution in [2.24, 2.45) is 10.9 Å². The van der Waals surface area contributed by atoms with Crippen molar-refractivity contribution in [2.75, 3.05) is 5.32 Å². The van der Waals surface area contributed by atoms with Gasteiger partial charge >= 0.3 is 0 Å². The molecule has 0 spiro atoms. The van der Waals surface area contributed by atoms with Crippen LogP contribution in [0.1, 0.15) is 20.9 Å². The Labute approximate surface area is 117 Å². The number of hydrogen-bond acceptors (Lipinski definition) is 6. The van der Waals surface area contributed by atoms with Gasteiger partial charge in [-0.2, -0.15) is 0 Å². The van der Waals surface area contributed by atoms with Crippen molar-refractivity contribution in [2.45, 2.75) is 6.92 Å². The van der Waals surface area contributed by atoms with E-state index in [1.54, 1.807) is 6.92 Å². The van der Waals surface area contributed by atoms with Crippen LogP contribution in [-0.2, 0) is 0 Å². The lowest BCUT2D eigenvalue weighted by molar-refractivity contribution is 0.103. The summed E-state index contributed by atoms with van der Waals surface area (Å²) in [4.78, 5) is 12.3. The molecular formula is C11H10FN5O2S. The van der Waals surface area contributed by atoms with E-state index >= 15 is 0 Å². The molecule has 0 fully saturated rings. The summed E-state index contributed by atoms with van der Waals surface area (Å²) in [5.41, 5.74) is 5.79. The van der Waals surface area contributed by atoms with Gasteiger partial charge < -0.3 is 16.3 Å². The van der Waals surface area contributed by atoms with E-state index < -0.39 is 17.6 Å². The van der Waals surface area contributed by atoms with Gasteiger partial charge in [0.15, 0.2) is 5.84 Å². The summed E-state index contributed by atoms with van der Waals surface area (Å²) in [6.07, 6.45) is 0. The number of amidine groups is 1. The molecule has 0 unspecified atom stereocenters. The third-order valence-corrected chi connectivity index (χ3v) is 3.31. The molecule has 2 aromatic rings. The average molecular weight is 295 g/mol. The number of carbonyl (C=O) groups excluding carboxylic acids is 1. The van der Waals surface area contributed by atoms with Gasteiger partial charge in [-0.15, -0.1) is 5.10 Å². The first-order valence-electron chi connectivity index (χ1n) is 5.41. The Hall–Kier alpha value is -2.55. The Kier molecular flexibility index (Phi) is 3.89. The Balaban J connectivity index is 2.38. The highest BCUT2D eigenvalue weighted by Gasteiger charge is 2.18. The lowest BCUT2D eigenvalue weighted by atomic mass is 10.1. The van der Waals surface area contributed by atoms with Crippen molar-refractivity contribution >= 4 is 29.0 Å². The van der Waals surface area contributed by atoms with Gasteiger partial charge in [0.25, 0.3) is 5.91 Å². The van der Waals surface area contributed by atoms with Gasteiger partial charge in [0.2, 0.25) is 0 Å². The molecule has 1 aromatic heterocycles. The molecular weight excluding hydrogens is 285 g/mol. The molecule has 7 nitrogen and oxygen atoms in total. The number of anilines is 1. The van der Waals surface area contributed by atoms with Gasteiger partial charge in [0, 0.05) is 0 Å². The second kappa shape index (κ2) is 5.61. The van der Waals surface area contributed by atoms with Crippen LogP contribution in [0.2, 0.25) is 0 Å². The number of aryl methyl sites for hydroxylation is 1. The summed E-state index contributed by atoms with van der Waals surface area (Å²) in [6, 6.07) is 3.98. The number of halogens is 1. The van der Waals surface area contributed by atoms with Crippen LogP contribution >= 0.6 is 11.5 Å². The fourth-order valence-corrected chi connectivity index (χ4v) is 2.11. The van der Waals surface area contributed by atoms with Gasteiger partial charge in [-0.05, 0) is 30.6 Å². The summed E-state index contributed by atoms with van der Waals surface area (Å²) in [7, 11) is 0. The van der Waals surface area contributed by atoms with Gasteiger partial charge in [0.1, 0.15) is 10.7 Å². The lowest BCUT2D eigenvalue weighted by Crippen LogP contribution is -2.20. The number of rotatable bonds is 3. The molecule has 1 amide bonds. The molecule has 0 aliphatic carbocycles. The SMILES string of the molecule is Cc1nnsc1C(=O)Nc1cccc(F)c1C(N)=NO. The summed E-state index contributed by atoms with van der Waals surface area (Å²) < 4.78 is 17.4. The zero-order valence-corrected chi connectivity index (χ0v) is 11.1. The molecule has 20 heavy (non-hydrogen) atoms. The first-order valence-corrected chi connectivity index (χ1v) is 6.18. The van der Waals surface area contributed by atoms with Crippen LogP contribution in [0.4, 0.5) is 10.1 Å². The van der Waals surface area contributed by atoms with Crippen LogP contribution in [0.15, 0.2) is 23.4 Å². The van der Waals surface area contributed by atoms with E-state index in [0.29, 0.717) is 10.6 Å². The molecule has 4 N–H and O–H groups in total. The number of nitrogens with one attached hydrogen (secondary N) is 1. The second-order valence-corrected chi connectivity index (χ2v) is 4.54. The maximum absolute atomic E-state index is 13.7. The first-order chi connectivity index (χ1) is 9.54. The second-order valence-electron chi connectivity index (χ2n) is 3.79. The van der Waals surface area contributed by atoms with E-state index in [-0.39, 0.29) is 11.3 Å². The van der Waals surface area contributed by atoms with Gasteiger partial charge in [0.05, 0.1) is 16.9 Å². The number of nitrogens with two attached hydrogens (primary N) is 1. The first kappa shape index (κ1) is 13.9. The van der Waals surface area contributed by atoms with E-state index in [2.05, 4.69) is 20.1 Å². The molecule has 9 heteroatoms. The van der Waals surface area contributed by atoms with Crippen molar-refractivity contribution < 1.29 is 14.4 Å². The number of hydrogen-bond donors (Lipinski definition) is 3. The third-order valence-electron chi connectivity index (χ3n) is 2.48. The van der Waals surface area contributed by atoms with Crippen molar-refractivity contribution in [1.29, 1.82) is 0 Å². The Morgan fingerprint density at radius 1 is 1.55 bits per heavy atom. The molecule has 104 valence electrons. The smallest absolute Gasteiger partial charge is 0.269 e. The number of benzene rings is 1. The number of carbonyl (C=O) groups is 1. The number of amides is 1. The summed E-state index contributed by atoms with van der Waals surface area (Å²) in [5.74, 6) is -1.63. The highest BCUT2D eigenvalue weighted by Crippen LogP contribution is 2.20. The van der Waals surface area contributed by atoms with Crippen LogP contribution in [-0.4, -0.2) is 26.5 Å². The van der Waals surface area contributed by atoms with Crippen LogP contribution in [0.25, 0.3) is 0 Å². The molecule has 0 bridgehead atoms. The predicted molar refractivity (Wildman–Crippen MR) is 71.5 cm³/mol. The van der Waals surface area contributed by atoms with E-state index in [9.17, 15) is 9.18 Å². The topological polar surface area (TPSA) is 113 Å². The van der Waals surface area contributed by atoms with Crippen molar-refractivity contribution in [3.8, 4) is 0 Å². The molecule has 0 atom stereocenters. The third kappa shape index (κ3) is 2.57. The minimum atomic E-state index is -0.711. The van der Waals surface area contributed by atoms with E-state index in [1.165, 1.54) is 12.1 Å². The molecule has 0 saturated carbocycles. The fourth-order valence-electron chi connectivity index (χ4n) is 1.56. The van der Waals surface area contributed by atoms with Crippen LogP contribution < -0.4 is 11.1 Å². The number of nitrogens with zero attached hydrogens (tertiary/aromatic N) is 3. The molecule has 0 aliphatic rings. The largest absolute Gasteiger partial charge is 0.409 e. The lowest BCUT2D eigenvalue weighted by Gasteiger charge is -2.10. The molecule has 0 saturated heterocycles. The number of oxime groups is 1. The van der Waals surface area contributed by atoms with Crippen LogP contribution in [0.3, 0.4) is 0 Å². The Bertz CT molecular complexity index is 685. The van der Waals surface area contributed by atoms with E-state index in [1.807, 2.05) is 0 Å². The van der Waals surface area contributed by atoms with Crippen molar-refractivity contribution in [3.05, 3.63) is 40.2 Å². The Morgan fingerprint density at radius 3 is 2.90 bits per heavy atom. The van der Waals surface area contributed by atoms with Crippen LogP contribution in [0, 0.1) is 12.7 Å². The molecule has 2 rings (SSSR count). The zero-order chi connectivity index (χ0) is 14.7. The van der Waals surface area contributed by atoms with Crippen molar-refractivity contribution in [3.63, 3.8) is 0 Å². The van der Waals surface area contributed by atoms with Crippen molar-refractivity contribution in [1.82, 2.24) is 9.59 Å². The van der Waals surface area contributed by atoms with Crippen LogP contribution in [0.5, 0.6) is 0 Å². The van der Waals surface area contributed by atoms with E-state index in [0.717, 1.165) is 17.6 Å². The van der Waals surface area contributed by atoms with Gasteiger partial charge in [-0.25, -0.2) is 4.39 Å². The number of aromatic nitrogens is 2. The maximum Gasteiger partial charge on any atom is 0.269 e. The minimum Gasteiger partial charge on any atom is -0.409 e. The molecule has 1 heterocycles. The highest BCUT2D eigenvalue weighted by atomic mass is 32.1. The summed E-state index contributed by atoms with van der Waals surface area (Å²) in [5, 5.41) is 17.6. The molecule has 0 aliphatic heterocycles. The van der Waals surface area contributed by atoms with Gasteiger partial charge in [-0.3, -0.25) is 4.79 Å². The average Bonchev–Trinajstić information content (AvgIpc) is 2.84. The molecule has 1 aromatic carbocycles. The predicted octanol–water partition coefficient (Wildman–Crippen LogP) is 1.33. The zero-order valence-electron chi connectivity index (χ0n) is 10.3. The highest BCUT2D eigenvalue weighted by molar-refractivity contribution is 7.08. The Morgan fingerprint density at radius 2 is 2.30 bits per heavy atom. The van der Waals surface area contributed by atoms with Gasteiger partial charge in [-0.1, -0.05) is 15.7 Å². The maximum atomic E-state index is 13.7. The minimum absolute atomic E-state index is 0.0955. The summed E-state index contributed by atoms with van der Waals surface area (Å²) in [6.45, 7) is 1.63. The van der Waals surface area contributed by atoms with E-state index in [4.69, 9.17) is 10.9 Å². The summed E-state index contributed by atoms with van der Waals surface area (Å²) >= 11 is 0.923. The standard InChI is InChI=1S/C11H10FN5O2S/c1-5-9(20-17-15-5)11(18)14-7-4-2-3-6(12)8(7)10(13)16-19/h2-4,19H,1H3,(H2,13,16)(H,14,18). The monoisotopic (exact) mass is 295 g/mol. The normalized spacial score (nSPS) is 11.4. The fraction of sp³-hybridized carbons (Fsp3) is 0.0909.